The average molecular weight is 236 g/mol. The van der Waals surface area contributed by atoms with Gasteiger partial charge in [0.2, 0.25) is 0 Å². The van der Waals surface area contributed by atoms with Crippen molar-refractivity contribution < 1.29 is 8.78 Å². The minimum absolute atomic E-state index is 0.125. The number of piperazine rings is 1. The predicted octanol–water partition coefficient (Wildman–Crippen LogP) is 1.22. The summed E-state index contributed by atoms with van der Waals surface area (Å²) in [4.78, 5) is 2.18. The van der Waals surface area contributed by atoms with Crippen molar-refractivity contribution >= 4 is 0 Å². The zero-order valence-corrected chi connectivity index (χ0v) is 9.47. The Morgan fingerprint density at radius 3 is 2.76 bits per heavy atom. The molecular weight excluding hydrogens is 222 g/mol. The molecule has 1 aromatic rings. The molecule has 0 bridgehead atoms. The van der Waals surface area contributed by atoms with Crippen molar-refractivity contribution in [1.29, 1.82) is 0 Å². The molecule has 0 amide bonds. The Balaban J connectivity index is 1.98. The number of halogens is 2. The molecule has 1 aromatic carbocycles. The lowest BCUT2D eigenvalue weighted by atomic mass is 10.2. The molecule has 1 saturated heterocycles. The minimum Gasteiger partial charge on any atom is -0.314 e. The monoisotopic (exact) mass is 236 g/mol. The fourth-order valence-electron chi connectivity index (χ4n) is 1.72. The minimum atomic E-state index is -0.861. The second-order valence-electron chi connectivity index (χ2n) is 3.93. The van der Waals surface area contributed by atoms with E-state index in [1.54, 1.807) is 0 Å². The number of benzene rings is 1. The lowest BCUT2D eigenvalue weighted by molar-refractivity contribution is 0.268. The Bertz CT molecular complexity index is 442. The molecule has 4 heteroatoms. The van der Waals surface area contributed by atoms with E-state index in [1.807, 2.05) is 0 Å². The molecule has 0 spiro atoms. The summed E-state index contributed by atoms with van der Waals surface area (Å²) in [5.74, 6) is 3.85. The van der Waals surface area contributed by atoms with E-state index >= 15 is 0 Å². The van der Waals surface area contributed by atoms with E-state index in [0.29, 0.717) is 6.54 Å². The topological polar surface area (TPSA) is 15.3 Å². The van der Waals surface area contributed by atoms with Crippen molar-refractivity contribution in [2.75, 3.05) is 32.7 Å². The van der Waals surface area contributed by atoms with Gasteiger partial charge < -0.3 is 5.32 Å². The van der Waals surface area contributed by atoms with Crippen molar-refractivity contribution in [3.8, 4) is 11.8 Å². The fourth-order valence-corrected chi connectivity index (χ4v) is 1.72. The Morgan fingerprint density at radius 1 is 1.24 bits per heavy atom. The van der Waals surface area contributed by atoms with Crippen molar-refractivity contribution in [3.63, 3.8) is 0 Å². The highest BCUT2D eigenvalue weighted by Crippen LogP contribution is 2.09. The van der Waals surface area contributed by atoms with Crippen LogP contribution in [0, 0.1) is 23.5 Å². The van der Waals surface area contributed by atoms with Gasteiger partial charge in [-0.25, -0.2) is 8.78 Å². The summed E-state index contributed by atoms with van der Waals surface area (Å²) in [6.07, 6.45) is 0. The fraction of sp³-hybridized carbons (Fsp3) is 0.385. The third-order valence-electron chi connectivity index (χ3n) is 2.69. The summed E-state index contributed by atoms with van der Waals surface area (Å²) in [5, 5.41) is 3.24. The van der Waals surface area contributed by atoms with Gasteiger partial charge in [0.1, 0.15) is 0 Å². The first-order chi connectivity index (χ1) is 8.27. The van der Waals surface area contributed by atoms with E-state index in [9.17, 15) is 8.78 Å². The Labute approximate surface area is 99.6 Å². The first kappa shape index (κ1) is 12.0. The van der Waals surface area contributed by atoms with Crippen LogP contribution in [0.5, 0.6) is 0 Å². The predicted molar refractivity (Wildman–Crippen MR) is 62.5 cm³/mol. The number of hydrogen-bond donors (Lipinski definition) is 1. The van der Waals surface area contributed by atoms with Crippen LogP contribution in [0.3, 0.4) is 0 Å². The zero-order chi connectivity index (χ0) is 12.1. The van der Waals surface area contributed by atoms with Gasteiger partial charge in [-0.15, -0.1) is 0 Å². The molecule has 1 N–H and O–H groups in total. The zero-order valence-electron chi connectivity index (χ0n) is 9.47. The summed E-state index contributed by atoms with van der Waals surface area (Å²) < 4.78 is 26.2. The number of nitrogens with one attached hydrogen (secondary N) is 1. The number of rotatable bonds is 1. The molecule has 0 unspecified atom stereocenters. The second-order valence-corrected chi connectivity index (χ2v) is 3.93. The molecule has 1 fully saturated rings. The van der Waals surface area contributed by atoms with Crippen molar-refractivity contribution in [3.05, 3.63) is 35.4 Å². The summed E-state index contributed by atoms with van der Waals surface area (Å²) in [5.41, 5.74) is 0.125. The molecule has 0 saturated carbocycles. The van der Waals surface area contributed by atoms with Crippen LogP contribution in [-0.2, 0) is 0 Å². The van der Waals surface area contributed by atoms with Gasteiger partial charge in [0.05, 0.1) is 12.1 Å². The van der Waals surface area contributed by atoms with E-state index in [-0.39, 0.29) is 5.56 Å². The molecule has 2 rings (SSSR count). The molecular formula is C13H14F2N2. The molecule has 0 aliphatic carbocycles. The SMILES string of the molecule is Fc1cccc(C#CCN2CCNCC2)c1F. The normalized spacial score (nSPS) is 16.4. The van der Waals surface area contributed by atoms with Crippen molar-refractivity contribution in [1.82, 2.24) is 10.2 Å². The third kappa shape index (κ3) is 3.26. The van der Waals surface area contributed by atoms with Crippen LogP contribution in [-0.4, -0.2) is 37.6 Å². The summed E-state index contributed by atoms with van der Waals surface area (Å²) in [6.45, 7) is 4.39. The van der Waals surface area contributed by atoms with Gasteiger partial charge in [0.15, 0.2) is 11.6 Å². The van der Waals surface area contributed by atoms with Crippen LogP contribution in [0.15, 0.2) is 18.2 Å². The number of nitrogens with zero attached hydrogens (tertiary/aromatic N) is 1. The highest BCUT2D eigenvalue weighted by atomic mass is 19.2. The molecule has 1 heterocycles. The van der Waals surface area contributed by atoms with Crippen LogP contribution < -0.4 is 5.32 Å². The van der Waals surface area contributed by atoms with Crippen LogP contribution in [0.25, 0.3) is 0 Å². The van der Waals surface area contributed by atoms with Gasteiger partial charge in [-0.3, -0.25) is 4.90 Å². The van der Waals surface area contributed by atoms with Crippen LogP contribution in [0.1, 0.15) is 5.56 Å². The maximum Gasteiger partial charge on any atom is 0.174 e. The molecule has 17 heavy (non-hydrogen) atoms. The molecule has 0 atom stereocenters. The highest BCUT2D eigenvalue weighted by molar-refractivity contribution is 5.36. The van der Waals surface area contributed by atoms with E-state index in [1.165, 1.54) is 12.1 Å². The molecule has 1 aliphatic rings. The molecule has 2 nitrogen and oxygen atoms in total. The molecule has 0 aromatic heterocycles. The van der Waals surface area contributed by atoms with Crippen LogP contribution in [0.4, 0.5) is 8.78 Å². The highest BCUT2D eigenvalue weighted by Gasteiger charge is 2.07. The standard InChI is InChI=1S/C13H14F2N2/c14-12-5-1-3-11(13(12)15)4-2-8-17-9-6-16-7-10-17/h1,3,5,16H,6-10H2. The van der Waals surface area contributed by atoms with Crippen molar-refractivity contribution in [2.24, 2.45) is 0 Å². The van der Waals surface area contributed by atoms with E-state index < -0.39 is 11.6 Å². The maximum atomic E-state index is 13.3. The quantitative estimate of drug-likeness (QED) is 0.738. The number of hydrogen-bond acceptors (Lipinski definition) is 2. The van der Waals surface area contributed by atoms with E-state index in [2.05, 4.69) is 22.1 Å². The first-order valence-corrected chi connectivity index (χ1v) is 5.63. The van der Waals surface area contributed by atoms with Crippen LogP contribution in [0.2, 0.25) is 0 Å². The van der Waals surface area contributed by atoms with Gasteiger partial charge in [-0.2, -0.15) is 0 Å². The summed E-state index contributed by atoms with van der Waals surface area (Å²) in [6, 6.07) is 4.05. The smallest absolute Gasteiger partial charge is 0.174 e. The maximum absolute atomic E-state index is 13.3. The molecule has 1 aliphatic heterocycles. The average Bonchev–Trinajstić information content (AvgIpc) is 2.36. The van der Waals surface area contributed by atoms with Gasteiger partial charge in [-0.05, 0) is 12.1 Å². The third-order valence-corrected chi connectivity index (χ3v) is 2.69. The first-order valence-electron chi connectivity index (χ1n) is 5.63. The van der Waals surface area contributed by atoms with Crippen molar-refractivity contribution in [2.45, 2.75) is 0 Å². The van der Waals surface area contributed by atoms with E-state index in [0.717, 1.165) is 32.2 Å². The van der Waals surface area contributed by atoms with Gasteiger partial charge in [-0.1, -0.05) is 17.9 Å². The summed E-state index contributed by atoms with van der Waals surface area (Å²) >= 11 is 0. The Morgan fingerprint density at radius 2 is 2.00 bits per heavy atom. The lowest BCUT2D eigenvalue weighted by Gasteiger charge is -2.24. The van der Waals surface area contributed by atoms with Gasteiger partial charge >= 0.3 is 0 Å². The van der Waals surface area contributed by atoms with Crippen LogP contribution >= 0.6 is 0 Å². The molecule has 90 valence electrons. The summed E-state index contributed by atoms with van der Waals surface area (Å²) in [7, 11) is 0. The van der Waals surface area contributed by atoms with Gasteiger partial charge in [0, 0.05) is 26.2 Å². The van der Waals surface area contributed by atoms with E-state index in [4.69, 9.17) is 0 Å². The largest absolute Gasteiger partial charge is 0.314 e. The van der Waals surface area contributed by atoms with Gasteiger partial charge in [0.25, 0.3) is 0 Å². The second kappa shape index (κ2) is 5.76. The Kier molecular flexibility index (Phi) is 4.08. The molecule has 0 radical (unpaired) electrons. The Hall–Kier alpha value is -1.44. The lowest BCUT2D eigenvalue weighted by Crippen LogP contribution is -2.43.